The highest BCUT2D eigenvalue weighted by Crippen LogP contribution is 2.27. The Morgan fingerprint density at radius 3 is 2.26 bits per heavy atom. The number of ketones is 1. The van der Waals surface area contributed by atoms with E-state index in [1.165, 1.54) is 0 Å². The molecule has 0 saturated carbocycles. The van der Waals surface area contributed by atoms with Gasteiger partial charge in [-0.3, -0.25) is 4.79 Å². The van der Waals surface area contributed by atoms with Gasteiger partial charge in [0.1, 0.15) is 0 Å². The Bertz CT molecular complexity index is 620. The first-order valence-electron chi connectivity index (χ1n) is 5.50. The summed E-state index contributed by atoms with van der Waals surface area (Å²) in [4.78, 5) is 12.2. The molecule has 0 amide bonds. The van der Waals surface area contributed by atoms with Crippen LogP contribution >= 0.6 is 34.8 Å². The minimum absolute atomic E-state index is 0.102. The standard InChI is InChI=1S/C14H10Cl3NO/c15-8-4-5-9(13(18)6-8)14(19)7-10-11(16)2-1-3-12(10)17/h1-6H,7,18H2. The summed E-state index contributed by atoms with van der Waals surface area (Å²) in [6.45, 7) is 0. The number of carbonyl (C=O) groups is 1. The number of anilines is 1. The summed E-state index contributed by atoms with van der Waals surface area (Å²) in [5.41, 5.74) is 7.15. The van der Waals surface area contributed by atoms with E-state index in [9.17, 15) is 4.79 Å². The molecule has 0 atom stereocenters. The summed E-state index contributed by atoms with van der Waals surface area (Å²) in [7, 11) is 0. The van der Waals surface area contributed by atoms with Gasteiger partial charge in [0, 0.05) is 32.7 Å². The van der Waals surface area contributed by atoms with E-state index in [0.29, 0.717) is 31.9 Å². The molecule has 0 saturated heterocycles. The Morgan fingerprint density at radius 2 is 1.68 bits per heavy atom. The van der Waals surface area contributed by atoms with Gasteiger partial charge in [-0.05, 0) is 35.9 Å². The fourth-order valence-electron chi connectivity index (χ4n) is 1.74. The predicted octanol–water partition coefficient (Wildman–Crippen LogP) is 4.65. The molecule has 0 fully saturated rings. The van der Waals surface area contributed by atoms with Crippen molar-refractivity contribution in [2.24, 2.45) is 0 Å². The number of nitrogens with two attached hydrogens (primary N) is 1. The number of halogens is 3. The summed E-state index contributed by atoms with van der Waals surface area (Å²) >= 11 is 17.9. The van der Waals surface area contributed by atoms with Gasteiger partial charge in [0.2, 0.25) is 0 Å². The van der Waals surface area contributed by atoms with Crippen LogP contribution in [0, 0.1) is 0 Å². The van der Waals surface area contributed by atoms with Crippen LogP contribution in [-0.2, 0) is 6.42 Å². The molecular formula is C14H10Cl3NO. The van der Waals surface area contributed by atoms with Crippen LogP contribution in [0.5, 0.6) is 0 Å². The van der Waals surface area contributed by atoms with Gasteiger partial charge < -0.3 is 5.73 Å². The van der Waals surface area contributed by atoms with Gasteiger partial charge in [0.05, 0.1) is 0 Å². The fourth-order valence-corrected chi connectivity index (χ4v) is 2.46. The molecule has 98 valence electrons. The molecule has 0 bridgehead atoms. The van der Waals surface area contributed by atoms with Gasteiger partial charge in [-0.25, -0.2) is 0 Å². The molecule has 2 aromatic carbocycles. The Morgan fingerprint density at radius 1 is 1.05 bits per heavy atom. The molecule has 0 spiro atoms. The molecule has 2 rings (SSSR count). The summed E-state index contributed by atoms with van der Waals surface area (Å²) in [6, 6.07) is 9.89. The van der Waals surface area contributed by atoms with E-state index in [-0.39, 0.29) is 12.2 Å². The van der Waals surface area contributed by atoms with Crippen molar-refractivity contribution < 1.29 is 4.79 Å². The maximum Gasteiger partial charge on any atom is 0.169 e. The smallest absolute Gasteiger partial charge is 0.169 e. The first kappa shape index (κ1) is 14.2. The third-order valence-electron chi connectivity index (χ3n) is 2.71. The molecule has 5 heteroatoms. The van der Waals surface area contributed by atoms with Crippen LogP contribution in [0.25, 0.3) is 0 Å². The second-order valence-electron chi connectivity index (χ2n) is 4.03. The highest BCUT2D eigenvalue weighted by Gasteiger charge is 2.14. The van der Waals surface area contributed by atoms with Crippen molar-refractivity contribution >= 4 is 46.3 Å². The Balaban J connectivity index is 2.31. The lowest BCUT2D eigenvalue weighted by molar-refractivity contribution is 0.0994. The quantitative estimate of drug-likeness (QED) is 0.661. The third-order valence-corrected chi connectivity index (χ3v) is 3.66. The minimum atomic E-state index is -0.149. The first-order chi connectivity index (χ1) is 8.99. The number of nitrogen functional groups attached to an aromatic ring is 1. The zero-order valence-corrected chi connectivity index (χ0v) is 12.1. The number of hydrogen-bond donors (Lipinski definition) is 1. The highest BCUT2D eigenvalue weighted by molar-refractivity contribution is 6.36. The topological polar surface area (TPSA) is 43.1 Å². The third kappa shape index (κ3) is 3.21. The summed E-state index contributed by atoms with van der Waals surface area (Å²) in [5, 5.41) is 1.42. The molecular weight excluding hydrogens is 305 g/mol. The second kappa shape index (κ2) is 5.83. The number of hydrogen-bond acceptors (Lipinski definition) is 2. The Hall–Kier alpha value is -1.22. The van der Waals surface area contributed by atoms with Crippen molar-refractivity contribution in [1.82, 2.24) is 0 Å². The van der Waals surface area contributed by atoms with Crippen molar-refractivity contribution in [2.45, 2.75) is 6.42 Å². The molecule has 0 unspecified atom stereocenters. The lowest BCUT2D eigenvalue weighted by Crippen LogP contribution is -2.07. The SMILES string of the molecule is Nc1cc(Cl)ccc1C(=O)Cc1c(Cl)cccc1Cl. The number of carbonyl (C=O) groups excluding carboxylic acids is 1. The lowest BCUT2D eigenvalue weighted by atomic mass is 10.0. The average Bonchev–Trinajstić information content (AvgIpc) is 2.33. The largest absolute Gasteiger partial charge is 0.398 e. The Labute approximate surface area is 126 Å². The maximum atomic E-state index is 12.2. The normalized spacial score (nSPS) is 10.5. The molecule has 0 aliphatic carbocycles. The lowest BCUT2D eigenvalue weighted by Gasteiger charge is -2.08. The zero-order valence-electron chi connectivity index (χ0n) is 9.79. The van der Waals surface area contributed by atoms with Crippen LogP contribution in [0.2, 0.25) is 15.1 Å². The molecule has 0 heterocycles. The maximum absolute atomic E-state index is 12.2. The van der Waals surface area contributed by atoms with E-state index in [4.69, 9.17) is 40.5 Å². The summed E-state index contributed by atoms with van der Waals surface area (Å²) < 4.78 is 0. The number of rotatable bonds is 3. The molecule has 0 aliphatic rings. The molecule has 2 nitrogen and oxygen atoms in total. The number of Topliss-reactive ketones (excluding diaryl/α,β-unsaturated/α-hetero) is 1. The van der Waals surface area contributed by atoms with E-state index in [1.807, 2.05) is 0 Å². The van der Waals surface area contributed by atoms with Crippen molar-refractivity contribution in [2.75, 3.05) is 5.73 Å². The first-order valence-corrected chi connectivity index (χ1v) is 6.63. The van der Waals surface area contributed by atoms with E-state index in [2.05, 4.69) is 0 Å². The van der Waals surface area contributed by atoms with Crippen LogP contribution in [0.4, 0.5) is 5.69 Å². The molecule has 2 aromatic rings. The van der Waals surface area contributed by atoms with Crippen molar-refractivity contribution in [3.8, 4) is 0 Å². The van der Waals surface area contributed by atoms with Crippen LogP contribution in [0.1, 0.15) is 15.9 Å². The van der Waals surface area contributed by atoms with Crippen LogP contribution < -0.4 is 5.73 Å². The van der Waals surface area contributed by atoms with Crippen LogP contribution in [0.15, 0.2) is 36.4 Å². The van der Waals surface area contributed by atoms with Crippen molar-refractivity contribution in [1.29, 1.82) is 0 Å². The molecule has 0 aliphatic heterocycles. The molecule has 0 aromatic heterocycles. The molecule has 0 radical (unpaired) electrons. The van der Waals surface area contributed by atoms with Gasteiger partial charge in [0.15, 0.2) is 5.78 Å². The fraction of sp³-hybridized carbons (Fsp3) is 0.0714. The van der Waals surface area contributed by atoms with Gasteiger partial charge >= 0.3 is 0 Å². The molecule has 2 N–H and O–H groups in total. The van der Waals surface area contributed by atoms with Crippen molar-refractivity contribution in [3.63, 3.8) is 0 Å². The van der Waals surface area contributed by atoms with Crippen LogP contribution in [-0.4, -0.2) is 5.78 Å². The zero-order chi connectivity index (χ0) is 14.0. The second-order valence-corrected chi connectivity index (χ2v) is 5.28. The monoisotopic (exact) mass is 313 g/mol. The van der Waals surface area contributed by atoms with E-state index in [0.717, 1.165) is 0 Å². The minimum Gasteiger partial charge on any atom is -0.398 e. The van der Waals surface area contributed by atoms with Gasteiger partial charge in [-0.1, -0.05) is 40.9 Å². The summed E-state index contributed by atoms with van der Waals surface area (Å²) in [5.74, 6) is -0.149. The van der Waals surface area contributed by atoms with Crippen LogP contribution in [0.3, 0.4) is 0 Å². The predicted molar refractivity (Wildman–Crippen MR) is 80.4 cm³/mol. The van der Waals surface area contributed by atoms with E-state index < -0.39 is 0 Å². The van der Waals surface area contributed by atoms with Gasteiger partial charge in [0.25, 0.3) is 0 Å². The van der Waals surface area contributed by atoms with Gasteiger partial charge in [-0.2, -0.15) is 0 Å². The Kier molecular flexibility index (Phi) is 4.35. The summed E-state index contributed by atoms with van der Waals surface area (Å²) in [6.07, 6.45) is 0.102. The van der Waals surface area contributed by atoms with E-state index >= 15 is 0 Å². The average molecular weight is 315 g/mol. The molecule has 19 heavy (non-hydrogen) atoms. The van der Waals surface area contributed by atoms with E-state index in [1.54, 1.807) is 36.4 Å². The highest BCUT2D eigenvalue weighted by atomic mass is 35.5. The van der Waals surface area contributed by atoms with Crippen molar-refractivity contribution in [3.05, 3.63) is 62.6 Å². The van der Waals surface area contributed by atoms with Gasteiger partial charge in [-0.15, -0.1) is 0 Å². The number of benzene rings is 2.